The molecule has 0 heterocycles. The molecule has 0 aliphatic heterocycles. The van der Waals surface area contributed by atoms with Gasteiger partial charge in [0.2, 0.25) is 10.4 Å². The Morgan fingerprint density at radius 3 is 1.43 bits per heavy atom. The molecule has 0 aliphatic rings. The van der Waals surface area contributed by atoms with Gasteiger partial charge in [-0.05, 0) is 0 Å². The van der Waals surface area contributed by atoms with E-state index in [0.29, 0.717) is 0 Å². The van der Waals surface area contributed by atoms with Crippen molar-refractivity contribution in [3.05, 3.63) is 0 Å². The maximum Gasteiger partial charge on any atom is 2.00 e. The molecule has 0 bridgehead atoms. The number of rotatable bonds is 0. The van der Waals surface area contributed by atoms with Crippen molar-refractivity contribution in [1.82, 2.24) is 0 Å². The zero-order valence-electron chi connectivity index (χ0n) is 3.17. The van der Waals surface area contributed by atoms with Gasteiger partial charge in [0.15, 0.2) is 0 Å². The summed E-state index contributed by atoms with van der Waals surface area (Å²) in [6.45, 7) is 0. The first-order chi connectivity index (χ1) is 2.00. The number of hydrogen-bond donors (Lipinski definition) is 1. The van der Waals surface area contributed by atoms with Crippen LogP contribution in [-0.2, 0) is 10.4 Å². The van der Waals surface area contributed by atoms with Gasteiger partial charge >= 0.3 is 23.1 Å². The predicted molar refractivity (Wildman–Crippen MR) is 18.1 cm³/mol. The summed E-state index contributed by atoms with van der Waals surface area (Å²) in [4.78, 5) is 0. The van der Waals surface area contributed by atoms with E-state index in [1.54, 1.807) is 0 Å². The van der Waals surface area contributed by atoms with Crippen molar-refractivity contribution in [3.8, 4) is 0 Å². The molecule has 0 aliphatic carbocycles. The summed E-state index contributed by atoms with van der Waals surface area (Å²) in [6, 6.07) is 0. The number of hydrogen-bond acceptors (Lipinski definition) is 3. The van der Waals surface area contributed by atoms with E-state index in [1.165, 1.54) is 0 Å². The molecule has 0 rings (SSSR count). The molecule has 0 unspecified atom stereocenters. The van der Waals surface area contributed by atoms with Gasteiger partial charge in [0, 0.05) is 0 Å². The predicted octanol–water partition coefficient (Wildman–Crippen LogP) is -4.37. The van der Waals surface area contributed by atoms with Crippen molar-refractivity contribution in [2.75, 3.05) is 0 Å². The van der Waals surface area contributed by atoms with Gasteiger partial charge in [-0.1, -0.05) is 0 Å². The van der Waals surface area contributed by atoms with Gasteiger partial charge in [-0.15, -0.1) is 0 Å². The maximum atomic E-state index is 8.63. The van der Waals surface area contributed by atoms with Gasteiger partial charge in [-0.3, -0.25) is 4.55 Å². The van der Waals surface area contributed by atoms with Crippen LogP contribution in [0.3, 0.4) is 0 Å². The van der Waals surface area contributed by atoms with Crippen LogP contribution >= 0.6 is 0 Å². The van der Waals surface area contributed by atoms with Gasteiger partial charge in [0.25, 0.3) is 0 Å². The second kappa shape index (κ2) is 4.72. The minimum absolute atomic E-state index is 0. The van der Waals surface area contributed by atoms with E-state index in [1.807, 2.05) is 0 Å². The average Bonchev–Trinajstić information content (AvgIpc) is 0.722. The van der Waals surface area contributed by atoms with Crippen molar-refractivity contribution < 1.29 is 22.2 Å². The Balaban J connectivity index is -0.0000000800. The SMILES string of the molecule is O=S(=O)([O-])O.[F-].[Mg+2]. The Bertz CT molecular complexity index is 94.9. The average molecular weight is 140 g/mol. The second-order valence-corrected chi connectivity index (χ2v) is 1.28. The molecule has 0 radical (unpaired) electrons. The maximum absolute atomic E-state index is 8.63. The molecule has 0 spiro atoms. The van der Waals surface area contributed by atoms with E-state index in [4.69, 9.17) is 17.5 Å². The summed E-state index contributed by atoms with van der Waals surface area (Å²) < 4.78 is 32.8. The molecule has 4 nitrogen and oxygen atoms in total. The van der Waals surface area contributed by atoms with Crippen LogP contribution in [0.1, 0.15) is 0 Å². The van der Waals surface area contributed by atoms with E-state index in [0.717, 1.165) is 0 Å². The van der Waals surface area contributed by atoms with Crippen LogP contribution in [0, 0.1) is 0 Å². The fraction of sp³-hybridized carbons (Fsp3) is 0. The summed E-state index contributed by atoms with van der Waals surface area (Å²) in [5, 5.41) is 0. The molecule has 0 aromatic rings. The molecule has 0 fully saturated rings. The summed E-state index contributed by atoms with van der Waals surface area (Å²) in [5.74, 6) is 0. The topological polar surface area (TPSA) is 77.4 Å². The van der Waals surface area contributed by atoms with Crippen LogP contribution in [-0.4, -0.2) is 40.6 Å². The first kappa shape index (κ1) is 15.6. The summed E-state index contributed by atoms with van der Waals surface area (Å²) in [5.41, 5.74) is 0. The Morgan fingerprint density at radius 1 is 1.43 bits per heavy atom. The molecule has 0 saturated heterocycles. The van der Waals surface area contributed by atoms with E-state index >= 15 is 0 Å². The molecule has 40 valence electrons. The molecule has 0 aromatic carbocycles. The molecule has 0 amide bonds. The van der Waals surface area contributed by atoms with Gasteiger partial charge in [-0.2, -0.15) is 0 Å². The quantitative estimate of drug-likeness (QED) is 0.209. The van der Waals surface area contributed by atoms with Crippen molar-refractivity contribution in [2.24, 2.45) is 0 Å². The Morgan fingerprint density at radius 2 is 1.43 bits per heavy atom. The third-order valence-corrected chi connectivity index (χ3v) is 0. The van der Waals surface area contributed by atoms with E-state index in [9.17, 15) is 0 Å². The zero-order chi connectivity index (χ0) is 4.50. The fourth-order valence-electron chi connectivity index (χ4n) is 0. The normalized spacial score (nSPS) is 8.29. The van der Waals surface area contributed by atoms with E-state index in [-0.39, 0.29) is 27.8 Å². The van der Waals surface area contributed by atoms with Gasteiger partial charge in [0.1, 0.15) is 0 Å². The van der Waals surface area contributed by atoms with Gasteiger partial charge in [-0.25, -0.2) is 8.42 Å². The molecular formula is HFMgO4S. The van der Waals surface area contributed by atoms with Crippen molar-refractivity contribution >= 4 is 33.5 Å². The molecule has 7 heteroatoms. The third kappa shape index (κ3) is 427. The standard InChI is InChI=1S/FH.Mg.H2O4S/c;;1-5(2,3)4/h1H;;(H2,1,2,3,4)/q;+2;/p-2. The van der Waals surface area contributed by atoms with Crippen LogP contribution in [0.5, 0.6) is 0 Å². The fourth-order valence-corrected chi connectivity index (χ4v) is 0. The molecule has 7 heavy (non-hydrogen) atoms. The summed E-state index contributed by atoms with van der Waals surface area (Å²) >= 11 is 0. The molecule has 0 atom stereocenters. The van der Waals surface area contributed by atoms with Gasteiger partial charge < -0.3 is 9.26 Å². The Labute approximate surface area is 56.0 Å². The molecular weight excluding hydrogens is 139 g/mol. The van der Waals surface area contributed by atoms with Crippen molar-refractivity contribution in [2.45, 2.75) is 0 Å². The first-order valence-corrected chi connectivity index (χ1v) is 2.05. The van der Waals surface area contributed by atoms with Crippen LogP contribution in [0.2, 0.25) is 0 Å². The molecule has 0 saturated carbocycles. The third-order valence-electron chi connectivity index (χ3n) is 0. The smallest absolute Gasteiger partial charge is 1.00 e. The number of halogens is 1. The molecule has 1 N–H and O–H groups in total. The Hall–Kier alpha value is 0.566. The van der Waals surface area contributed by atoms with Gasteiger partial charge in [0.05, 0.1) is 0 Å². The van der Waals surface area contributed by atoms with Crippen LogP contribution < -0.4 is 4.70 Å². The van der Waals surface area contributed by atoms with Crippen molar-refractivity contribution in [3.63, 3.8) is 0 Å². The first-order valence-electron chi connectivity index (χ1n) is 0.683. The Kier molecular flexibility index (Phi) is 10.5. The van der Waals surface area contributed by atoms with Crippen LogP contribution in [0.4, 0.5) is 0 Å². The van der Waals surface area contributed by atoms with E-state index in [2.05, 4.69) is 0 Å². The summed E-state index contributed by atoms with van der Waals surface area (Å²) in [6.07, 6.45) is 0. The molecule has 0 aromatic heterocycles. The zero-order valence-corrected chi connectivity index (χ0v) is 5.40. The summed E-state index contributed by atoms with van der Waals surface area (Å²) in [7, 11) is -4.92. The van der Waals surface area contributed by atoms with Crippen molar-refractivity contribution in [1.29, 1.82) is 0 Å². The minimum atomic E-state index is -4.92. The van der Waals surface area contributed by atoms with E-state index < -0.39 is 10.4 Å². The van der Waals surface area contributed by atoms with Crippen LogP contribution in [0.25, 0.3) is 0 Å². The van der Waals surface area contributed by atoms with Crippen LogP contribution in [0.15, 0.2) is 0 Å². The minimum Gasteiger partial charge on any atom is -1.00 e. The second-order valence-electron chi connectivity index (χ2n) is 0.428. The largest absolute Gasteiger partial charge is 2.00 e. The monoisotopic (exact) mass is 140 g/mol.